The number of hydrogen-bond acceptors (Lipinski definition) is 2. The second kappa shape index (κ2) is 5.71. The molecule has 21 heavy (non-hydrogen) atoms. The van der Waals surface area contributed by atoms with E-state index >= 15 is 0 Å². The molecular weight excluding hydrogens is 275 g/mol. The van der Waals surface area contributed by atoms with Gasteiger partial charge in [-0.3, -0.25) is 0 Å². The van der Waals surface area contributed by atoms with Gasteiger partial charge in [-0.05, 0) is 50.3 Å². The molecule has 0 aliphatic heterocycles. The Labute approximate surface area is 122 Å². The monoisotopic (exact) mass is 294 g/mol. The Hall–Kier alpha value is -2.11. The summed E-state index contributed by atoms with van der Waals surface area (Å²) < 4.78 is 12.9. The fourth-order valence-corrected chi connectivity index (χ4v) is 2.29. The van der Waals surface area contributed by atoms with Crippen molar-refractivity contribution in [3.63, 3.8) is 0 Å². The highest BCUT2D eigenvalue weighted by molar-refractivity contribution is 5.86. The van der Waals surface area contributed by atoms with Crippen LogP contribution in [0.15, 0.2) is 24.3 Å². The molecule has 1 aromatic carbocycles. The molecule has 1 fully saturated rings. The second-order valence-electron chi connectivity index (χ2n) is 5.65. The fraction of sp³-hybridized carbons (Fsp3) is 0.467. The quantitative estimate of drug-likeness (QED) is 0.780. The van der Waals surface area contributed by atoms with Gasteiger partial charge in [0.1, 0.15) is 11.4 Å². The maximum Gasteiger partial charge on any atom is 0.329 e. The Bertz CT molecular complexity index is 542. The molecule has 1 aliphatic carbocycles. The SMILES string of the molecule is CC(NC(=O)NC(C)(C(=O)O)C1CC1)c1ccc(F)cc1. The fourth-order valence-electron chi connectivity index (χ4n) is 2.29. The molecule has 0 heterocycles. The van der Waals surface area contributed by atoms with Gasteiger partial charge < -0.3 is 15.7 Å². The van der Waals surface area contributed by atoms with Crippen LogP contribution in [0.5, 0.6) is 0 Å². The van der Waals surface area contributed by atoms with E-state index in [1.807, 2.05) is 0 Å². The second-order valence-corrected chi connectivity index (χ2v) is 5.65. The highest BCUT2D eigenvalue weighted by Crippen LogP contribution is 2.39. The Morgan fingerprint density at radius 1 is 1.33 bits per heavy atom. The van der Waals surface area contributed by atoms with Crippen molar-refractivity contribution in [2.24, 2.45) is 5.92 Å². The van der Waals surface area contributed by atoms with Gasteiger partial charge >= 0.3 is 12.0 Å². The van der Waals surface area contributed by atoms with Crippen LogP contribution in [0.4, 0.5) is 9.18 Å². The molecule has 2 amide bonds. The highest BCUT2D eigenvalue weighted by Gasteiger charge is 2.48. The summed E-state index contributed by atoms with van der Waals surface area (Å²) in [4.78, 5) is 23.3. The Balaban J connectivity index is 1.97. The zero-order chi connectivity index (χ0) is 15.6. The zero-order valence-electron chi connectivity index (χ0n) is 12.0. The summed E-state index contributed by atoms with van der Waals surface area (Å²) in [5.41, 5.74) is -0.498. The first-order valence-corrected chi connectivity index (χ1v) is 6.90. The number of carboxylic acid groups (broad SMARTS) is 1. The molecule has 1 aromatic rings. The number of urea groups is 1. The van der Waals surface area contributed by atoms with Gasteiger partial charge in [0.2, 0.25) is 0 Å². The summed E-state index contributed by atoms with van der Waals surface area (Å²) in [5, 5.41) is 14.5. The van der Waals surface area contributed by atoms with Crippen molar-refractivity contribution < 1.29 is 19.1 Å². The van der Waals surface area contributed by atoms with Crippen molar-refractivity contribution in [2.75, 3.05) is 0 Å². The third kappa shape index (κ3) is 3.51. The Morgan fingerprint density at radius 3 is 2.38 bits per heavy atom. The number of amides is 2. The molecule has 0 aromatic heterocycles. The van der Waals surface area contributed by atoms with Gasteiger partial charge in [0.15, 0.2) is 0 Å². The van der Waals surface area contributed by atoms with Gasteiger partial charge in [-0.1, -0.05) is 12.1 Å². The lowest BCUT2D eigenvalue weighted by Crippen LogP contribution is -2.56. The van der Waals surface area contributed by atoms with Gasteiger partial charge in [0.05, 0.1) is 6.04 Å². The standard InChI is InChI=1S/C15H19FN2O3/c1-9(10-3-7-12(16)8-4-10)17-14(21)18-15(2,13(19)20)11-5-6-11/h3-4,7-9,11H,5-6H2,1-2H3,(H,19,20)(H2,17,18,21). The number of carbonyl (C=O) groups excluding carboxylic acids is 1. The van der Waals surface area contributed by atoms with E-state index in [1.165, 1.54) is 19.1 Å². The first-order valence-electron chi connectivity index (χ1n) is 6.90. The van der Waals surface area contributed by atoms with E-state index in [2.05, 4.69) is 10.6 Å². The number of carbonyl (C=O) groups is 2. The van der Waals surface area contributed by atoms with Crippen LogP contribution in [-0.2, 0) is 4.79 Å². The Kier molecular flexibility index (Phi) is 4.16. The molecule has 2 unspecified atom stereocenters. The minimum Gasteiger partial charge on any atom is -0.480 e. The number of rotatable bonds is 5. The van der Waals surface area contributed by atoms with Crippen LogP contribution in [-0.4, -0.2) is 22.6 Å². The van der Waals surface area contributed by atoms with Gasteiger partial charge in [0.25, 0.3) is 0 Å². The summed E-state index contributed by atoms with van der Waals surface area (Å²) in [6.45, 7) is 3.27. The van der Waals surface area contributed by atoms with Crippen LogP contribution in [0.2, 0.25) is 0 Å². The van der Waals surface area contributed by atoms with Gasteiger partial charge in [-0.15, -0.1) is 0 Å². The van der Waals surface area contributed by atoms with E-state index in [-0.39, 0.29) is 17.8 Å². The number of benzene rings is 1. The van der Waals surface area contributed by atoms with Crippen LogP contribution in [0, 0.1) is 11.7 Å². The van der Waals surface area contributed by atoms with Crippen molar-refractivity contribution in [2.45, 2.75) is 38.3 Å². The number of carboxylic acids is 1. The molecule has 2 atom stereocenters. The third-order valence-electron chi connectivity index (χ3n) is 3.93. The van der Waals surface area contributed by atoms with Gasteiger partial charge in [-0.25, -0.2) is 14.0 Å². The van der Waals surface area contributed by atoms with Crippen LogP contribution < -0.4 is 10.6 Å². The number of aliphatic carboxylic acids is 1. The molecule has 1 aliphatic rings. The molecule has 0 radical (unpaired) electrons. The maximum absolute atomic E-state index is 12.9. The van der Waals surface area contributed by atoms with Gasteiger partial charge in [0, 0.05) is 0 Å². The van der Waals surface area contributed by atoms with Crippen molar-refractivity contribution >= 4 is 12.0 Å². The summed E-state index contributed by atoms with van der Waals surface area (Å²) >= 11 is 0. The topological polar surface area (TPSA) is 78.4 Å². The van der Waals surface area contributed by atoms with Crippen LogP contribution in [0.25, 0.3) is 0 Å². The lowest BCUT2D eigenvalue weighted by atomic mass is 9.96. The van der Waals surface area contributed by atoms with E-state index in [1.54, 1.807) is 19.1 Å². The minimum atomic E-state index is -1.24. The van der Waals surface area contributed by atoms with Crippen LogP contribution in [0.3, 0.4) is 0 Å². The molecule has 1 saturated carbocycles. The largest absolute Gasteiger partial charge is 0.480 e. The normalized spacial score (nSPS) is 18.4. The van der Waals surface area contributed by atoms with E-state index in [0.29, 0.717) is 0 Å². The van der Waals surface area contributed by atoms with Crippen molar-refractivity contribution in [3.8, 4) is 0 Å². The maximum atomic E-state index is 12.9. The number of nitrogens with one attached hydrogen (secondary N) is 2. The predicted octanol–water partition coefficient (Wildman–Crippen LogP) is 2.44. The summed E-state index contributed by atoms with van der Waals surface area (Å²) in [6.07, 6.45) is 1.60. The number of halogens is 1. The van der Waals surface area contributed by atoms with Crippen LogP contribution >= 0.6 is 0 Å². The predicted molar refractivity (Wildman–Crippen MR) is 75.2 cm³/mol. The molecular formula is C15H19FN2O3. The zero-order valence-corrected chi connectivity index (χ0v) is 12.0. The van der Waals surface area contributed by atoms with E-state index in [9.17, 15) is 19.1 Å². The average molecular weight is 294 g/mol. The molecule has 6 heteroatoms. The highest BCUT2D eigenvalue weighted by atomic mass is 19.1. The molecule has 2 rings (SSSR count). The average Bonchev–Trinajstić information content (AvgIpc) is 3.23. The van der Waals surface area contributed by atoms with Crippen molar-refractivity contribution in [3.05, 3.63) is 35.6 Å². The lowest BCUT2D eigenvalue weighted by molar-refractivity contribution is -0.144. The first-order chi connectivity index (χ1) is 9.83. The lowest BCUT2D eigenvalue weighted by Gasteiger charge is -2.27. The van der Waals surface area contributed by atoms with Crippen LogP contribution in [0.1, 0.15) is 38.3 Å². The smallest absolute Gasteiger partial charge is 0.329 e. The van der Waals surface area contributed by atoms with Crippen molar-refractivity contribution in [1.29, 1.82) is 0 Å². The molecule has 0 spiro atoms. The summed E-state index contributed by atoms with van der Waals surface area (Å²) in [7, 11) is 0. The molecule has 5 nitrogen and oxygen atoms in total. The molecule has 0 bridgehead atoms. The minimum absolute atomic E-state index is 0.0260. The summed E-state index contributed by atoms with van der Waals surface area (Å²) in [6, 6.07) is 4.91. The molecule has 114 valence electrons. The first kappa shape index (κ1) is 15.3. The third-order valence-corrected chi connectivity index (χ3v) is 3.93. The van der Waals surface area contributed by atoms with E-state index in [0.717, 1.165) is 18.4 Å². The van der Waals surface area contributed by atoms with E-state index < -0.39 is 17.5 Å². The number of hydrogen-bond donors (Lipinski definition) is 3. The van der Waals surface area contributed by atoms with Crippen molar-refractivity contribution in [1.82, 2.24) is 10.6 Å². The summed E-state index contributed by atoms with van der Waals surface area (Å²) in [5.74, 6) is -1.40. The van der Waals surface area contributed by atoms with Gasteiger partial charge in [-0.2, -0.15) is 0 Å². The Morgan fingerprint density at radius 2 is 1.90 bits per heavy atom. The molecule has 3 N–H and O–H groups in total. The molecule has 0 saturated heterocycles. The van der Waals surface area contributed by atoms with E-state index in [4.69, 9.17) is 0 Å².